The summed E-state index contributed by atoms with van der Waals surface area (Å²) in [6.45, 7) is 3.10. The third kappa shape index (κ3) is 5.29. The molecule has 3 aromatic rings. The first-order valence-electron chi connectivity index (χ1n) is 11.7. The summed E-state index contributed by atoms with van der Waals surface area (Å²) in [6, 6.07) is 4.54. The van der Waals surface area contributed by atoms with Crippen molar-refractivity contribution in [3.63, 3.8) is 0 Å². The molecule has 1 aliphatic heterocycles. The molecule has 3 heterocycles. The summed E-state index contributed by atoms with van der Waals surface area (Å²) in [4.78, 5) is 29.5. The fraction of sp³-hybridized carbons (Fsp3) is 0.458. The van der Waals surface area contributed by atoms with Crippen LogP contribution in [-0.2, 0) is 17.9 Å². The van der Waals surface area contributed by atoms with Gasteiger partial charge in [0, 0.05) is 35.8 Å². The van der Waals surface area contributed by atoms with Crippen LogP contribution in [0.5, 0.6) is 11.8 Å². The van der Waals surface area contributed by atoms with E-state index in [0.29, 0.717) is 47.8 Å². The number of benzene rings is 1. The lowest BCUT2D eigenvalue weighted by atomic mass is 9.91. The van der Waals surface area contributed by atoms with E-state index < -0.39 is 0 Å². The van der Waals surface area contributed by atoms with Gasteiger partial charge < -0.3 is 25.4 Å². The Morgan fingerprint density at radius 1 is 1.11 bits per heavy atom. The van der Waals surface area contributed by atoms with E-state index in [1.165, 1.54) is 0 Å². The van der Waals surface area contributed by atoms with Crippen LogP contribution < -0.4 is 25.4 Å². The van der Waals surface area contributed by atoms with Gasteiger partial charge in [0.05, 0.1) is 35.7 Å². The number of methoxy groups -OCH3 is 1. The average molecular weight is 498 g/mol. The van der Waals surface area contributed by atoms with E-state index >= 15 is 0 Å². The maximum Gasteiger partial charge on any atom is 0.263 e. The first-order chi connectivity index (χ1) is 17.0. The fourth-order valence-electron chi connectivity index (χ4n) is 4.53. The fourth-order valence-corrected chi connectivity index (χ4v) is 4.75. The van der Waals surface area contributed by atoms with Crippen LogP contribution in [0.1, 0.15) is 42.6 Å². The molecule has 0 radical (unpaired) electrons. The van der Waals surface area contributed by atoms with E-state index in [-0.39, 0.29) is 12.5 Å². The molecule has 1 aromatic carbocycles. The van der Waals surface area contributed by atoms with Gasteiger partial charge in [0.2, 0.25) is 5.88 Å². The molecule has 11 heteroatoms. The predicted octanol–water partition coefficient (Wildman–Crippen LogP) is 2.91. The number of fused-ring (bicyclic) bond motifs is 2. The van der Waals surface area contributed by atoms with Gasteiger partial charge in [-0.25, -0.2) is 19.9 Å². The molecule has 184 valence electrons. The minimum absolute atomic E-state index is 0.0235. The average Bonchev–Trinajstić information content (AvgIpc) is 2.87. The van der Waals surface area contributed by atoms with Crippen molar-refractivity contribution in [3.05, 3.63) is 40.3 Å². The molecule has 2 aromatic heterocycles. The van der Waals surface area contributed by atoms with Gasteiger partial charge in [-0.3, -0.25) is 4.79 Å². The molecular formula is C24H28ClN7O3. The zero-order valence-electron chi connectivity index (χ0n) is 19.7. The highest BCUT2D eigenvalue weighted by atomic mass is 35.5. The number of aryl methyl sites for hydroxylation is 1. The highest BCUT2D eigenvalue weighted by molar-refractivity contribution is 6.32. The first-order valence-corrected chi connectivity index (χ1v) is 12.1. The van der Waals surface area contributed by atoms with Crippen molar-refractivity contribution in [1.82, 2.24) is 30.6 Å². The van der Waals surface area contributed by atoms with Gasteiger partial charge in [0.25, 0.3) is 11.8 Å². The molecule has 1 amide bonds. The number of anilines is 1. The van der Waals surface area contributed by atoms with E-state index in [9.17, 15) is 4.79 Å². The third-order valence-corrected chi connectivity index (χ3v) is 6.89. The molecule has 1 aliphatic carbocycles. The molecule has 0 atom stereocenters. The molecule has 0 unspecified atom stereocenters. The number of nitrogens with zero attached hydrogens (tertiary/aromatic N) is 4. The first kappa shape index (κ1) is 23.7. The van der Waals surface area contributed by atoms with Crippen molar-refractivity contribution in [2.24, 2.45) is 0 Å². The van der Waals surface area contributed by atoms with Crippen molar-refractivity contribution in [1.29, 1.82) is 0 Å². The molecular weight excluding hydrogens is 470 g/mol. The highest BCUT2D eigenvalue weighted by Gasteiger charge is 2.24. The summed E-state index contributed by atoms with van der Waals surface area (Å²) >= 11 is 6.50. The topological polar surface area (TPSA) is 123 Å². The zero-order chi connectivity index (χ0) is 24.4. The molecule has 2 aliphatic rings. The molecule has 1 fully saturated rings. The molecule has 0 spiro atoms. The molecule has 0 bridgehead atoms. The monoisotopic (exact) mass is 497 g/mol. The standard InChI is InChI=1S/C24H28ClN7O3/c1-13-19(30-23-24(29-13)35-12-20(33)31-23)10-27-15-5-3-14(4-6-15)26-9-16-17(25)7-8-18-22(16)32-21(34-2)11-28-18/h7-8,11,14-15,26-27H,3-6,9-10,12H2,1-2H3,(H,30,31,33). The van der Waals surface area contributed by atoms with Crippen molar-refractivity contribution < 1.29 is 14.3 Å². The number of halogens is 1. The summed E-state index contributed by atoms with van der Waals surface area (Å²) in [6.07, 6.45) is 5.81. The van der Waals surface area contributed by atoms with Gasteiger partial charge in [-0.15, -0.1) is 0 Å². The number of hydrogen-bond donors (Lipinski definition) is 3. The van der Waals surface area contributed by atoms with Crippen LogP contribution in [0.3, 0.4) is 0 Å². The van der Waals surface area contributed by atoms with Crippen molar-refractivity contribution in [2.45, 2.75) is 57.8 Å². The van der Waals surface area contributed by atoms with Gasteiger partial charge in [0.15, 0.2) is 12.4 Å². The Kier molecular flexibility index (Phi) is 6.94. The number of amides is 1. The summed E-state index contributed by atoms with van der Waals surface area (Å²) in [5.41, 5.74) is 4.12. The van der Waals surface area contributed by atoms with Crippen LogP contribution in [0.2, 0.25) is 5.02 Å². The van der Waals surface area contributed by atoms with Gasteiger partial charge >= 0.3 is 0 Å². The van der Waals surface area contributed by atoms with Gasteiger partial charge in [-0.1, -0.05) is 11.6 Å². The van der Waals surface area contributed by atoms with Crippen LogP contribution >= 0.6 is 11.6 Å². The van der Waals surface area contributed by atoms with E-state index in [1.807, 2.05) is 19.1 Å². The Morgan fingerprint density at radius 2 is 1.86 bits per heavy atom. The molecule has 1 saturated carbocycles. The lowest BCUT2D eigenvalue weighted by Crippen LogP contribution is -2.39. The van der Waals surface area contributed by atoms with Crippen molar-refractivity contribution >= 4 is 34.4 Å². The largest absolute Gasteiger partial charge is 0.480 e. The highest BCUT2D eigenvalue weighted by Crippen LogP contribution is 2.27. The summed E-state index contributed by atoms with van der Waals surface area (Å²) in [5.74, 6) is 1.04. The predicted molar refractivity (Wildman–Crippen MR) is 132 cm³/mol. The molecule has 35 heavy (non-hydrogen) atoms. The second-order valence-corrected chi connectivity index (χ2v) is 9.27. The maximum absolute atomic E-state index is 11.6. The number of hydrogen-bond acceptors (Lipinski definition) is 9. The zero-order valence-corrected chi connectivity index (χ0v) is 20.5. The lowest BCUT2D eigenvalue weighted by Gasteiger charge is -2.30. The smallest absolute Gasteiger partial charge is 0.263 e. The Morgan fingerprint density at radius 3 is 2.60 bits per heavy atom. The Hall–Kier alpha value is -3.08. The number of carbonyl (C=O) groups excluding carboxylic acids is 1. The quantitative estimate of drug-likeness (QED) is 0.452. The molecule has 5 rings (SSSR count). The minimum Gasteiger partial charge on any atom is -0.480 e. The normalized spacial score (nSPS) is 19.7. The van der Waals surface area contributed by atoms with Gasteiger partial charge in [-0.2, -0.15) is 0 Å². The number of nitrogens with one attached hydrogen (secondary N) is 3. The van der Waals surface area contributed by atoms with Crippen LogP contribution in [0.25, 0.3) is 11.0 Å². The SMILES string of the molecule is COc1cnc2ccc(Cl)c(CNC3CCC(NCc4nc5c(nc4C)OCC(=O)N5)CC3)c2n1. The van der Waals surface area contributed by atoms with E-state index in [1.54, 1.807) is 13.3 Å². The molecule has 10 nitrogen and oxygen atoms in total. The number of carbonyl (C=O) groups is 1. The summed E-state index contributed by atoms with van der Waals surface area (Å²) < 4.78 is 10.6. The van der Waals surface area contributed by atoms with Gasteiger partial charge in [0.1, 0.15) is 0 Å². The van der Waals surface area contributed by atoms with Crippen LogP contribution in [0.15, 0.2) is 18.3 Å². The van der Waals surface area contributed by atoms with Gasteiger partial charge in [-0.05, 0) is 44.7 Å². The Balaban J connectivity index is 1.15. The molecule has 3 N–H and O–H groups in total. The minimum atomic E-state index is -0.212. The lowest BCUT2D eigenvalue weighted by molar-refractivity contribution is -0.118. The third-order valence-electron chi connectivity index (χ3n) is 6.54. The summed E-state index contributed by atoms with van der Waals surface area (Å²) in [5, 5.41) is 10.6. The summed E-state index contributed by atoms with van der Waals surface area (Å²) in [7, 11) is 1.58. The van der Waals surface area contributed by atoms with Crippen molar-refractivity contribution in [2.75, 3.05) is 19.0 Å². The second-order valence-electron chi connectivity index (χ2n) is 8.86. The molecule has 0 saturated heterocycles. The van der Waals surface area contributed by atoms with Crippen LogP contribution in [0.4, 0.5) is 5.82 Å². The van der Waals surface area contributed by atoms with E-state index in [2.05, 4.69) is 35.9 Å². The van der Waals surface area contributed by atoms with Crippen LogP contribution in [-0.4, -0.2) is 51.6 Å². The number of ether oxygens (including phenoxy) is 2. The number of aromatic nitrogens is 4. The van der Waals surface area contributed by atoms with E-state index in [4.69, 9.17) is 21.1 Å². The van der Waals surface area contributed by atoms with Crippen molar-refractivity contribution in [3.8, 4) is 11.8 Å². The Labute approximate surface area is 208 Å². The second kappa shape index (κ2) is 10.3. The number of rotatable bonds is 7. The Bertz CT molecular complexity index is 1250. The van der Waals surface area contributed by atoms with Crippen LogP contribution in [0, 0.1) is 6.92 Å². The van der Waals surface area contributed by atoms with E-state index in [0.717, 1.165) is 53.7 Å². The maximum atomic E-state index is 11.6.